The first-order valence-corrected chi connectivity index (χ1v) is 4.87. The van der Waals surface area contributed by atoms with Crippen molar-refractivity contribution < 1.29 is 18.0 Å². The number of benzene rings is 1. The molecule has 0 unspecified atom stereocenters. The van der Waals surface area contributed by atoms with Crippen LogP contribution in [0.15, 0.2) is 33.9 Å². The molecule has 5 nitrogen and oxygen atoms in total. The Kier molecular flexibility index (Phi) is 3.97. The Morgan fingerprint density at radius 3 is 2.29 bits per heavy atom. The van der Waals surface area contributed by atoms with Crippen molar-refractivity contribution in [3.05, 3.63) is 39.2 Å². The number of alkyl halides is 3. The fourth-order valence-electron chi connectivity index (χ4n) is 1.04. The second-order valence-corrected chi connectivity index (χ2v) is 3.67. The molecular formula is C8H4BrF3N4O. The van der Waals surface area contributed by atoms with E-state index in [0.717, 1.165) is 12.1 Å². The Bertz CT molecular complexity index is 467. The molecule has 9 heteroatoms. The first kappa shape index (κ1) is 13.3. The third-order valence-corrected chi connectivity index (χ3v) is 2.19. The monoisotopic (exact) mass is 308 g/mol. The topological polar surface area (TPSA) is 69.1 Å². The molecule has 0 aliphatic carbocycles. The van der Waals surface area contributed by atoms with Gasteiger partial charge in [-0.1, -0.05) is 15.9 Å². The van der Waals surface area contributed by atoms with Crippen LogP contribution in [0.5, 0.6) is 0 Å². The summed E-state index contributed by atoms with van der Waals surface area (Å²) in [6, 6.07) is 3.07. The van der Waals surface area contributed by atoms with Gasteiger partial charge in [-0.2, -0.15) is 0 Å². The molecule has 0 heterocycles. The minimum absolute atomic E-state index is 0.432. The van der Waals surface area contributed by atoms with Gasteiger partial charge in [-0.25, -0.2) is 4.90 Å². The number of halogens is 4. The molecule has 17 heavy (non-hydrogen) atoms. The van der Waals surface area contributed by atoms with E-state index in [2.05, 4.69) is 21.0 Å². The summed E-state index contributed by atoms with van der Waals surface area (Å²) in [5, 5.41) is 2.43. The molecule has 0 spiro atoms. The average Bonchev–Trinajstić information content (AvgIpc) is 2.19. The number of carbonyl (C=O) groups excluding carboxylic acids is 1. The van der Waals surface area contributed by atoms with Gasteiger partial charge in [0.15, 0.2) is 0 Å². The summed E-state index contributed by atoms with van der Waals surface area (Å²) in [7, 11) is 0. The largest absolute Gasteiger partial charge is 0.491 e. The summed E-state index contributed by atoms with van der Waals surface area (Å²) in [5.74, 6) is 0. The zero-order valence-electron chi connectivity index (χ0n) is 8.02. The van der Waals surface area contributed by atoms with Crippen molar-refractivity contribution in [3.8, 4) is 0 Å². The van der Waals surface area contributed by atoms with Gasteiger partial charge in [-0.3, -0.25) is 4.79 Å². The summed E-state index contributed by atoms with van der Waals surface area (Å²) in [6.07, 6.45) is -4.96. The van der Waals surface area contributed by atoms with Gasteiger partial charge in [-0.05, 0) is 29.8 Å². The van der Waals surface area contributed by atoms with Crippen molar-refractivity contribution in [1.82, 2.24) is 0 Å². The highest BCUT2D eigenvalue weighted by Crippen LogP contribution is 2.30. The lowest BCUT2D eigenvalue weighted by Gasteiger charge is -2.22. The number of urea groups is 1. The number of hydrogen-bond donors (Lipinski definition) is 0. The highest BCUT2D eigenvalue weighted by molar-refractivity contribution is 9.10. The lowest BCUT2D eigenvalue weighted by atomic mass is 10.3. The minimum Gasteiger partial charge on any atom is -0.267 e. The number of carbonyl (C=O) groups is 1. The van der Waals surface area contributed by atoms with Gasteiger partial charge in [0.1, 0.15) is 0 Å². The highest BCUT2D eigenvalue weighted by atomic mass is 79.9. The molecule has 1 rings (SSSR count). The summed E-state index contributed by atoms with van der Waals surface area (Å²) < 4.78 is 38.3. The van der Waals surface area contributed by atoms with E-state index in [9.17, 15) is 18.0 Å². The third-order valence-electron chi connectivity index (χ3n) is 1.66. The quantitative estimate of drug-likeness (QED) is 0.331. The van der Waals surface area contributed by atoms with Crippen LogP contribution in [0.3, 0.4) is 0 Å². The molecule has 0 aliphatic rings. The van der Waals surface area contributed by atoms with Gasteiger partial charge in [-0.15, -0.1) is 13.2 Å². The zero-order chi connectivity index (χ0) is 13.1. The highest BCUT2D eigenvalue weighted by Gasteiger charge is 2.41. The van der Waals surface area contributed by atoms with Crippen molar-refractivity contribution in [2.75, 3.05) is 4.90 Å². The van der Waals surface area contributed by atoms with Crippen LogP contribution in [0, 0.1) is 0 Å². The summed E-state index contributed by atoms with van der Waals surface area (Å²) in [5.41, 5.74) is 7.55. The molecule has 2 amide bonds. The Balaban J connectivity index is 3.20. The number of amides is 2. The maximum atomic E-state index is 12.6. The van der Waals surface area contributed by atoms with E-state index in [1.54, 1.807) is 0 Å². The number of hydrogen-bond acceptors (Lipinski definition) is 1. The third kappa shape index (κ3) is 3.36. The summed E-state index contributed by atoms with van der Waals surface area (Å²) in [6.45, 7) is 0. The molecule has 1 aromatic rings. The Morgan fingerprint density at radius 2 is 1.88 bits per heavy atom. The average molecular weight is 309 g/mol. The number of nitrogens with zero attached hydrogens (tertiary/aromatic N) is 4. The summed E-state index contributed by atoms with van der Waals surface area (Å²) >= 11 is 3.05. The lowest BCUT2D eigenvalue weighted by Crippen LogP contribution is -2.41. The van der Waals surface area contributed by atoms with E-state index in [1.807, 2.05) is 4.91 Å². The van der Waals surface area contributed by atoms with Gasteiger partial charge in [0.25, 0.3) is 0 Å². The second kappa shape index (κ2) is 5.07. The van der Waals surface area contributed by atoms with Crippen LogP contribution in [0.2, 0.25) is 0 Å². The molecule has 0 N–H and O–H groups in total. The first-order valence-electron chi connectivity index (χ1n) is 4.08. The molecule has 0 aliphatic heterocycles. The number of anilines is 1. The van der Waals surface area contributed by atoms with Gasteiger partial charge >= 0.3 is 12.3 Å². The molecule has 0 atom stereocenters. The smallest absolute Gasteiger partial charge is 0.267 e. The second-order valence-electron chi connectivity index (χ2n) is 2.75. The molecule has 0 radical (unpaired) electrons. The fraction of sp³-hybridized carbons (Fsp3) is 0.125. The fourth-order valence-corrected chi connectivity index (χ4v) is 1.30. The molecule has 90 valence electrons. The standard InChI is InChI=1S/C8H4BrF3N4O/c9-5-1-3-6(4-2-5)16(8(10,11)12)7(17)14-15-13/h1-4H. The van der Waals surface area contributed by atoms with Crippen molar-refractivity contribution in [3.63, 3.8) is 0 Å². The lowest BCUT2D eigenvalue weighted by molar-refractivity contribution is -0.120. The van der Waals surface area contributed by atoms with E-state index in [0.29, 0.717) is 4.47 Å². The van der Waals surface area contributed by atoms with E-state index >= 15 is 0 Å². The number of azide groups is 1. The van der Waals surface area contributed by atoms with Gasteiger partial charge in [0, 0.05) is 14.5 Å². The van der Waals surface area contributed by atoms with Crippen molar-refractivity contribution >= 4 is 27.6 Å². The Hall–Kier alpha value is -1.73. The van der Waals surface area contributed by atoms with Crippen LogP contribution < -0.4 is 4.90 Å². The van der Waals surface area contributed by atoms with Crippen LogP contribution in [0.25, 0.3) is 10.4 Å². The molecule has 0 aromatic heterocycles. The van der Waals surface area contributed by atoms with Crippen LogP contribution >= 0.6 is 15.9 Å². The maximum Gasteiger partial charge on any atom is 0.491 e. The van der Waals surface area contributed by atoms with Gasteiger partial charge in [0.2, 0.25) is 0 Å². The number of rotatable bonds is 1. The van der Waals surface area contributed by atoms with Gasteiger partial charge < -0.3 is 0 Å². The zero-order valence-corrected chi connectivity index (χ0v) is 9.60. The summed E-state index contributed by atoms with van der Waals surface area (Å²) in [4.78, 5) is 12.5. The molecular weight excluding hydrogens is 305 g/mol. The normalized spacial score (nSPS) is 10.6. The Morgan fingerprint density at radius 1 is 1.35 bits per heavy atom. The van der Waals surface area contributed by atoms with E-state index < -0.39 is 22.9 Å². The van der Waals surface area contributed by atoms with Gasteiger partial charge in [0.05, 0.1) is 5.69 Å². The maximum absolute atomic E-state index is 12.6. The molecule has 0 bridgehead atoms. The molecule has 0 saturated heterocycles. The minimum atomic E-state index is -4.96. The van der Waals surface area contributed by atoms with Crippen molar-refractivity contribution in [2.45, 2.75) is 6.30 Å². The van der Waals surface area contributed by atoms with Crippen LogP contribution in [0.1, 0.15) is 0 Å². The predicted molar refractivity (Wildman–Crippen MR) is 57.2 cm³/mol. The predicted octanol–water partition coefficient (Wildman–Crippen LogP) is 4.21. The molecule has 0 fully saturated rings. The van der Waals surface area contributed by atoms with Crippen molar-refractivity contribution in [2.24, 2.45) is 5.11 Å². The Labute approximate surface area is 102 Å². The van der Waals surface area contributed by atoms with Crippen LogP contribution in [-0.4, -0.2) is 12.3 Å². The SMILES string of the molecule is [N-]=[N+]=NC(=O)N(c1ccc(Br)cc1)C(F)(F)F. The first-order chi connectivity index (χ1) is 7.86. The van der Waals surface area contributed by atoms with Crippen LogP contribution in [-0.2, 0) is 0 Å². The van der Waals surface area contributed by atoms with Crippen LogP contribution in [0.4, 0.5) is 23.7 Å². The molecule has 0 saturated carbocycles. The van der Waals surface area contributed by atoms with E-state index in [4.69, 9.17) is 5.53 Å². The van der Waals surface area contributed by atoms with E-state index in [1.165, 1.54) is 12.1 Å². The molecule has 1 aromatic carbocycles. The van der Waals surface area contributed by atoms with Crippen molar-refractivity contribution in [1.29, 1.82) is 0 Å². The van der Waals surface area contributed by atoms with E-state index in [-0.39, 0.29) is 0 Å².